The zero-order valence-electron chi connectivity index (χ0n) is 7.22. The van der Waals surface area contributed by atoms with E-state index in [2.05, 4.69) is 27.7 Å². The molecule has 0 aromatic rings. The number of allylic oxidation sites excluding steroid dienone is 2. The Hall–Kier alpha value is -0.590. The number of rotatable bonds is 3. The molecule has 0 aliphatic heterocycles. The summed E-state index contributed by atoms with van der Waals surface area (Å²) in [6.45, 7) is 8.43. The van der Waals surface area contributed by atoms with Gasteiger partial charge in [-0.05, 0) is 17.9 Å². The molecule has 0 aromatic carbocycles. The lowest BCUT2D eigenvalue weighted by atomic mass is 9.93. The molecule has 0 aliphatic rings. The van der Waals surface area contributed by atoms with Crippen LogP contribution in [0.4, 0.5) is 0 Å². The van der Waals surface area contributed by atoms with Gasteiger partial charge in [0.1, 0.15) is 6.29 Å². The van der Waals surface area contributed by atoms with Crippen molar-refractivity contribution >= 4 is 6.29 Å². The highest BCUT2D eigenvalue weighted by Gasteiger charge is 2.05. The van der Waals surface area contributed by atoms with Crippen molar-refractivity contribution < 1.29 is 4.79 Å². The molecule has 0 aliphatic carbocycles. The number of aldehydes is 1. The lowest BCUT2D eigenvalue weighted by molar-refractivity contribution is -0.104. The monoisotopic (exact) mass is 140 g/mol. The van der Waals surface area contributed by atoms with E-state index in [1.165, 1.54) is 5.57 Å². The van der Waals surface area contributed by atoms with E-state index < -0.39 is 0 Å². The molecular weight excluding hydrogens is 124 g/mol. The maximum Gasteiger partial charge on any atom is 0.142 e. The average molecular weight is 140 g/mol. The molecule has 0 heterocycles. The topological polar surface area (TPSA) is 17.1 Å². The van der Waals surface area contributed by atoms with Gasteiger partial charge in [-0.2, -0.15) is 0 Å². The normalized spacial score (nSPS) is 10.2. The van der Waals surface area contributed by atoms with Gasteiger partial charge in [-0.3, -0.25) is 4.79 Å². The van der Waals surface area contributed by atoms with E-state index in [1.54, 1.807) is 6.08 Å². The molecular formula is C9H16O. The Morgan fingerprint density at radius 1 is 1.10 bits per heavy atom. The molecule has 0 atom stereocenters. The summed E-state index contributed by atoms with van der Waals surface area (Å²) in [4.78, 5) is 10.1. The van der Waals surface area contributed by atoms with Crippen molar-refractivity contribution in [3.05, 3.63) is 11.6 Å². The van der Waals surface area contributed by atoms with Gasteiger partial charge >= 0.3 is 0 Å². The summed E-state index contributed by atoms with van der Waals surface area (Å²) in [6.07, 6.45) is 2.55. The number of carbonyl (C=O) groups is 1. The first kappa shape index (κ1) is 9.41. The van der Waals surface area contributed by atoms with E-state index in [4.69, 9.17) is 0 Å². The van der Waals surface area contributed by atoms with Crippen molar-refractivity contribution in [1.82, 2.24) is 0 Å². The molecule has 0 N–H and O–H groups in total. The third-order valence-electron chi connectivity index (χ3n) is 1.59. The summed E-state index contributed by atoms with van der Waals surface area (Å²) in [7, 11) is 0. The van der Waals surface area contributed by atoms with Crippen molar-refractivity contribution in [2.24, 2.45) is 11.8 Å². The zero-order chi connectivity index (χ0) is 8.15. The fourth-order valence-corrected chi connectivity index (χ4v) is 1.13. The summed E-state index contributed by atoms with van der Waals surface area (Å²) in [5.41, 5.74) is 1.23. The summed E-state index contributed by atoms with van der Waals surface area (Å²) in [5.74, 6) is 0.982. The summed E-state index contributed by atoms with van der Waals surface area (Å²) in [5, 5.41) is 0. The maximum absolute atomic E-state index is 10.1. The summed E-state index contributed by atoms with van der Waals surface area (Å²) < 4.78 is 0. The van der Waals surface area contributed by atoms with E-state index in [-0.39, 0.29) is 0 Å². The van der Waals surface area contributed by atoms with Crippen LogP contribution in [0.3, 0.4) is 0 Å². The molecule has 0 aromatic heterocycles. The van der Waals surface area contributed by atoms with E-state index in [1.807, 2.05) is 0 Å². The van der Waals surface area contributed by atoms with Crippen LogP contribution in [0.1, 0.15) is 27.7 Å². The van der Waals surface area contributed by atoms with Gasteiger partial charge in [-0.15, -0.1) is 0 Å². The number of hydrogen-bond acceptors (Lipinski definition) is 1. The first-order chi connectivity index (χ1) is 4.59. The van der Waals surface area contributed by atoms with Gasteiger partial charge in [0, 0.05) is 0 Å². The van der Waals surface area contributed by atoms with Crippen LogP contribution in [0.2, 0.25) is 0 Å². The molecule has 0 bridgehead atoms. The van der Waals surface area contributed by atoms with E-state index in [0.29, 0.717) is 11.8 Å². The molecule has 0 rings (SSSR count). The minimum absolute atomic E-state index is 0.491. The second-order valence-corrected chi connectivity index (χ2v) is 3.11. The number of hydrogen-bond donors (Lipinski definition) is 0. The fourth-order valence-electron chi connectivity index (χ4n) is 1.13. The van der Waals surface area contributed by atoms with Gasteiger partial charge in [0.15, 0.2) is 0 Å². The van der Waals surface area contributed by atoms with Crippen molar-refractivity contribution in [3.63, 3.8) is 0 Å². The second-order valence-electron chi connectivity index (χ2n) is 3.11. The van der Waals surface area contributed by atoms with Gasteiger partial charge in [-0.1, -0.05) is 33.3 Å². The molecule has 0 fully saturated rings. The molecule has 0 saturated carbocycles. The van der Waals surface area contributed by atoms with E-state index in [9.17, 15) is 4.79 Å². The molecule has 0 radical (unpaired) electrons. The standard InChI is InChI=1S/C9H16O/c1-7(2)9(5-6-10)8(3)4/h5-8H,1-4H3. The Balaban J connectivity index is 4.26. The lowest BCUT2D eigenvalue weighted by Crippen LogP contribution is -2.01. The van der Waals surface area contributed by atoms with Crippen LogP contribution in [-0.4, -0.2) is 6.29 Å². The molecule has 1 heteroatoms. The van der Waals surface area contributed by atoms with E-state index >= 15 is 0 Å². The average Bonchev–Trinajstić information content (AvgIpc) is 1.81. The predicted molar refractivity (Wildman–Crippen MR) is 43.8 cm³/mol. The van der Waals surface area contributed by atoms with Gasteiger partial charge < -0.3 is 0 Å². The molecule has 58 valence electrons. The highest BCUT2D eigenvalue weighted by molar-refractivity contribution is 5.66. The molecule has 0 saturated heterocycles. The SMILES string of the molecule is CC(C)C(=CC=O)C(C)C. The highest BCUT2D eigenvalue weighted by Crippen LogP contribution is 2.17. The van der Waals surface area contributed by atoms with Crippen molar-refractivity contribution in [2.45, 2.75) is 27.7 Å². The van der Waals surface area contributed by atoms with Crippen LogP contribution in [0.5, 0.6) is 0 Å². The Morgan fingerprint density at radius 2 is 1.50 bits per heavy atom. The summed E-state index contributed by atoms with van der Waals surface area (Å²) in [6, 6.07) is 0. The Labute approximate surface area is 63.1 Å². The number of carbonyl (C=O) groups excluding carboxylic acids is 1. The molecule has 0 amide bonds. The van der Waals surface area contributed by atoms with Crippen LogP contribution in [-0.2, 0) is 4.79 Å². The lowest BCUT2D eigenvalue weighted by Gasteiger charge is -2.13. The maximum atomic E-state index is 10.1. The molecule has 10 heavy (non-hydrogen) atoms. The molecule has 0 spiro atoms. The first-order valence-corrected chi connectivity index (χ1v) is 3.74. The smallest absolute Gasteiger partial charge is 0.142 e. The Bertz CT molecular complexity index is 122. The van der Waals surface area contributed by atoms with Gasteiger partial charge in [-0.25, -0.2) is 0 Å². The highest BCUT2D eigenvalue weighted by atomic mass is 16.1. The van der Waals surface area contributed by atoms with Gasteiger partial charge in [0.2, 0.25) is 0 Å². The molecule has 1 nitrogen and oxygen atoms in total. The van der Waals surface area contributed by atoms with Crippen molar-refractivity contribution in [1.29, 1.82) is 0 Å². The Kier molecular flexibility index (Phi) is 4.01. The fraction of sp³-hybridized carbons (Fsp3) is 0.667. The van der Waals surface area contributed by atoms with Gasteiger partial charge in [0.05, 0.1) is 0 Å². The van der Waals surface area contributed by atoms with Crippen molar-refractivity contribution in [3.8, 4) is 0 Å². The third kappa shape index (κ3) is 2.81. The zero-order valence-corrected chi connectivity index (χ0v) is 7.22. The summed E-state index contributed by atoms with van der Waals surface area (Å²) >= 11 is 0. The Morgan fingerprint density at radius 3 is 1.60 bits per heavy atom. The van der Waals surface area contributed by atoms with E-state index in [0.717, 1.165) is 6.29 Å². The van der Waals surface area contributed by atoms with Crippen molar-refractivity contribution in [2.75, 3.05) is 0 Å². The van der Waals surface area contributed by atoms with Gasteiger partial charge in [0.25, 0.3) is 0 Å². The minimum atomic E-state index is 0.491. The minimum Gasteiger partial charge on any atom is -0.299 e. The first-order valence-electron chi connectivity index (χ1n) is 3.74. The largest absolute Gasteiger partial charge is 0.299 e. The molecule has 0 unspecified atom stereocenters. The van der Waals surface area contributed by atoms with Crippen LogP contribution < -0.4 is 0 Å². The van der Waals surface area contributed by atoms with Crippen LogP contribution in [0.15, 0.2) is 11.6 Å². The second kappa shape index (κ2) is 4.26. The van der Waals surface area contributed by atoms with Crippen LogP contribution >= 0.6 is 0 Å². The van der Waals surface area contributed by atoms with Crippen LogP contribution in [0, 0.1) is 11.8 Å². The quantitative estimate of drug-likeness (QED) is 0.434. The third-order valence-corrected chi connectivity index (χ3v) is 1.59. The predicted octanol–water partition coefficient (Wildman–Crippen LogP) is 2.42. The van der Waals surface area contributed by atoms with Crippen LogP contribution in [0.25, 0.3) is 0 Å².